The summed E-state index contributed by atoms with van der Waals surface area (Å²) in [5, 5.41) is 0.738. The summed E-state index contributed by atoms with van der Waals surface area (Å²) in [4.78, 5) is 17.2. The molecule has 1 aromatic heterocycles. The largest absolute Gasteiger partial charge is 0.416 e. The molecule has 0 atom stereocenters. The molecule has 2 aromatic carbocycles. The van der Waals surface area contributed by atoms with Gasteiger partial charge in [-0.15, -0.1) is 11.3 Å². The molecule has 3 aromatic rings. The zero-order chi connectivity index (χ0) is 21.3. The lowest BCUT2D eigenvalue weighted by Crippen LogP contribution is -2.14. The summed E-state index contributed by atoms with van der Waals surface area (Å²) in [5.74, 6) is -0.346. The van der Waals surface area contributed by atoms with Crippen LogP contribution < -0.4 is 5.73 Å². The van der Waals surface area contributed by atoms with E-state index in [1.807, 2.05) is 32.9 Å². The Morgan fingerprint density at radius 2 is 1.90 bits per heavy atom. The maximum absolute atomic E-state index is 12.9. The number of thiazole rings is 1. The van der Waals surface area contributed by atoms with Gasteiger partial charge >= 0.3 is 6.18 Å². The molecule has 0 spiro atoms. The van der Waals surface area contributed by atoms with Crippen molar-refractivity contribution >= 4 is 17.2 Å². The van der Waals surface area contributed by atoms with Crippen molar-refractivity contribution in [3.8, 4) is 10.4 Å². The van der Waals surface area contributed by atoms with Crippen LogP contribution in [-0.2, 0) is 12.6 Å². The smallest absolute Gasteiger partial charge is 0.366 e. The Bertz CT molecular complexity index is 1050. The first-order valence-corrected chi connectivity index (χ1v) is 9.94. The second-order valence-electron chi connectivity index (χ2n) is 7.22. The highest BCUT2D eigenvalue weighted by Gasteiger charge is 2.30. The van der Waals surface area contributed by atoms with Crippen molar-refractivity contribution in [2.24, 2.45) is 5.73 Å². The number of primary amides is 1. The van der Waals surface area contributed by atoms with Crippen molar-refractivity contribution in [2.45, 2.75) is 39.3 Å². The van der Waals surface area contributed by atoms with Crippen LogP contribution in [0, 0.1) is 6.92 Å². The Kier molecular flexibility index (Phi) is 5.80. The van der Waals surface area contributed by atoms with Crippen LogP contribution in [0.2, 0.25) is 0 Å². The Labute approximate surface area is 171 Å². The SMILES string of the molecule is Cc1nc(Cc2cccc(C(F)(F)F)c2)sc1-c1ccc(C(N)=O)c(C(C)C)c1. The van der Waals surface area contributed by atoms with Crippen molar-refractivity contribution < 1.29 is 18.0 Å². The Balaban J connectivity index is 1.94. The van der Waals surface area contributed by atoms with Crippen LogP contribution in [0.1, 0.15) is 57.5 Å². The van der Waals surface area contributed by atoms with Crippen LogP contribution >= 0.6 is 11.3 Å². The first-order valence-electron chi connectivity index (χ1n) is 9.13. The Morgan fingerprint density at radius 3 is 2.52 bits per heavy atom. The molecule has 7 heteroatoms. The lowest BCUT2D eigenvalue weighted by Gasteiger charge is -2.12. The average molecular weight is 418 g/mol. The zero-order valence-electron chi connectivity index (χ0n) is 16.3. The van der Waals surface area contributed by atoms with Crippen molar-refractivity contribution in [3.63, 3.8) is 0 Å². The quantitative estimate of drug-likeness (QED) is 0.557. The van der Waals surface area contributed by atoms with Crippen LogP contribution in [0.3, 0.4) is 0 Å². The molecule has 0 fully saturated rings. The van der Waals surface area contributed by atoms with Gasteiger partial charge in [-0.05, 0) is 47.7 Å². The normalized spacial score (nSPS) is 11.8. The maximum Gasteiger partial charge on any atom is 0.416 e. The number of benzene rings is 2. The number of nitrogens with two attached hydrogens (primary N) is 1. The monoisotopic (exact) mass is 418 g/mol. The highest BCUT2D eigenvalue weighted by molar-refractivity contribution is 7.15. The minimum atomic E-state index is -4.37. The minimum absolute atomic E-state index is 0.121. The van der Waals surface area contributed by atoms with Crippen LogP contribution in [0.5, 0.6) is 0 Å². The number of hydrogen-bond donors (Lipinski definition) is 1. The number of amides is 1. The van der Waals surface area contributed by atoms with Gasteiger partial charge in [0.2, 0.25) is 5.91 Å². The molecule has 2 N–H and O–H groups in total. The van der Waals surface area contributed by atoms with Crippen molar-refractivity contribution in [1.82, 2.24) is 4.98 Å². The summed E-state index contributed by atoms with van der Waals surface area (Å²) in [6.45, 7) is 5.85. The van der Waals surface area contributed by atoms with E-state index in [-0.39, 0.29) is 5.92 Å². The molecule has 1 heterocycles. The molecule has 0 saturated heterocycles. The number of rotatable bonds is 5. The highest BCUT2D eigenvalue weighted by atomic mass is 32.1. The number of carbonyl (C=O) groups is 1. The van der Waals surface area contributed by atoms with Gasteiger partial charge in [0.1, 0.15) is 0 Å². The van der Waals surface area contributed by atoms with Gasteiger partial charge in [0.25, 0.3) is 0 Å². The molecular formula is C22H21F3N2OS. The molecule has 3 rings (SSSR count). The van der Waals surface area contributed by atoms with Crippen molar-refractivity contribution in [3.05, 3.63) is 75.4 Å². The number of halogens is 3. The van der Waals surface area contributed by atoms with E-state index in [1.165, 1.54) is 17.4 Å². The van der Waals surface area contributed by atoms with Gasteiger partial charge in [-0.1, -0.05) is 38.1 Å². The number of carbonyl (C=O) groups excluding carboxylic acids is 1. The predicted molar refractivity (Wildman–Crippen MR) is 109 cm³/mol. The van der Waals surface area contributed by atoms with Gasteiger partial charge < -0.3 is 5.73 Å². The van der Waals surface area contributed by atoms with Crippen LogP contribution in [0.15, 0.2) is 42.5 Å². The van der Waals surface area contributed by atoms with Crippen LogP contribution in [-0.4, -0.2) is 10.9 Å². The second kappa shape index (κ2) is 7.99. The van der Waals surface area contributed by atoms with Gasteiger partial charge in [-0.3, -0.25) is 4.79 Å². The van der Waals surface area contributed by atoms with Crippen LogP contribution in [0.25, 0.3) is 10.4 Å². The number of aryl methyl sites for hydroxylation is 1. The van der Waals surface area contributed by atoms with E-state index < -0.39 is 17.6 Å². The van der Waals surface area contributed by atoms with Crippen molar-refractivity contribution in [2.75, 3.05) is 0 Å². The summed E-state index contributed by atoms with van der Waals surface area (Å²) in [5.41, 5.74) is 8.46. The summed E-state index contributed by atoms with van der Waals surface area (Å²) < 4.78 is 38.8. The maximum atomic E-state index is 12.9. The molecule has 3 nitrogen and oxygen atoms in total. The predicted octanol–water partition coefficient (Wildman–Crippen LogP) is 5.95. The number of alkyl halides is 3. The summed E-state index contributed by atoms with van der Waals surface area (Å²) in [6, 6.07) is 10.8. The van der Waals surface area contributed by atoms with E-state index in [2.05, 4.69) is 4.98 Å². The van der Waals surface area contributed by atoms with E-state index in [9.17, 15) is 18.0 Å². The fourth-order valence-electron chi connectivity index (χ4n) is 3.23. The Morgan fingerprint density at radius 1 is 1.17 bits per heavy atom. The van der Waals surface area contributed by atoms with E-state index in [0.29, 0.717) is 17.5 Å². The summed E-state index contributed by atoms with van der Waals surface area (Å²) in [6.07, 6.45) is -4.04. The molecule has 152 valence electrons. The first kappa shape index (κ1) is 21.0. The summed E-state index contributed by atoms with van der Waals surface area (Å²) in [7, 11) is 0. The molecule has 1 amide bonds. The van der Waals surface area contributed by atoms with Crippen molar-refractivity contribution in [1.29, 1.82) is 0 Å². The van der Waals surface area contributed by atoms with E-state index in [1.54, 1.807) is 12.1 Å². The standard InChI is InChI=1S/C22H21F3N2OS/c1-12(2)18-11-15(7-8-17(18)21(26)28)20-13(3)27-19(29-20)10-14-5-4-6-16(9-14)22(23,24)25/h4-9,11-12H,10H2,1-3H3,(H2,26,28). The van der Waals surface area contributed by atoms with E-state index >= 15 is 0 Å². The molecule has 29 heavy (non-hydrogen) atoms. The molecular weight excluding hydrogens is 397 g/mol. The Hall–Kier alpha value is -2.67. The molecule has 0 bridgehead atoms. The molecule has 0 radical (unpaired) electrons. The van der Waals surface area contributed by atoms with Gasteiger partial charge in [0.15, 0.2) is 0 Å². The number of nitrogens with zero attached hydrogens (tertiary/aromatic N) is 1. The fraction of sp³-hybridized carbons (Fsp3) is 0.273. The highest BCUT2D eigenvalue weighted by Crippen LogP contribution is 2.35. The van der Waals surface area contributed by atoms with E-state index in [4.69, 9.17) is 5.73 Å². The molecule has 0 unspecified atom stereocenters. The zero-order valence-corrected chi connectivity index (χ0v) is 17.1. The minimum Gasteiger partial charge on any atom is -0.366 e. The average Bonchev–Trinajstić information content (AvgIpc) is 3.00. The molecule has 0 saturated carbocycles. The van der Waals surface area contributed by atoms with Gasteiger partial charge in [-0.2, -0.15) is 13.2 Å². The lowest BCUT2D eigenvalue weighted by molar-refractivity contribution is -0.137. The fourth-order valence-corrected chi connectivity index (χ4v) is 4.33. The van der Waals surface area contributed by atoms with Crippen LogP contribution in [0.4, 0.5) is 13.2 Å². The van der Waals surface area contributed by atoms with E-state index in [0.717, 1.165) is 38.8 Å². The summed E-state index contributed by atoms with van der Waals surface area (Å²) >= 11 is 1.45. The topological polar surface area (TPSA) is 56.0 Å². The third kappa shape index (κ3) is 4.67. The van der Waals surface area contributed by atoms with Gasteiger partial charge in [0.05, 0.1) is 21.1 Å². The first-order chi connectivity index (χ1) is 13.6. The second-order valence-corrected chi connectivity index (χ2v) is 8.30. The van der Waals surface area contributed by atoms with Gasteiger partial charge in [-0.25, -0.2) is 4.98 Å². The lowest BCUT2D eigenvalue weighted by atomic mass is 9.94. The third-order valence-electron chi connectivity index (χ3n) is 4.65. The third-order valence-corrected chi connectivity index (χ3v) is 5.86. The molecule has 0 aliphatic rings. The number of hydrogen-bond acceptors (Lipinski definition) is 3. The van der Waals surface area contributed by atoms with Gasteiger partial charge in [0, 0.05) is 12.0 Å². The molecule has 0 aliphatic carbocycles. The molecule has 0 aliphatic heterocycles. The number of aromatic nitrogens is 1.